The van der Waals surface area contributed by atoms with Crippen LogP contribution in [0.25, 0.3) is 5.65 Å². The lowest BCUT2D eigenvalue weighted by Gasteiger charge is -2.12. The number of carbonyl (C=O) groups is 1. The lowest BCUT2D eigenvalue weighted by atomic mass is 10.2. The maximum Gasteiger partial charge on any atom is 0.573 e. The number of aromatic carboxylic acids is 1. The summed E-state index contributed by atoms with van der Waals surface area (Å²) in [5.41, 5.74) is -0.227. The Morgan fingerprint density at radius 1 is 1.20 bits per heavy atom. The standard InChI is InChI=1S/C19H16F3N3O5/c1-11-3-2-9-25-16(11)24-15(14(17(25)26)18(27)28)23-8-10-29-12-4-6-13(7-5-12)30-19(20,21)22/h2-7,9,23H,8,10H2,1H3,(H,27,28). The maximum atomic E-state index is 12.5. The Morgan fingerprint density at radius 2 is 1.87 bits per heavy atom. The highest BCUT2D eigenvalue weighted by molar-refractivity contribution is 5.93. The summed E-state index contributed by atoms with van der Waals surface area (Å²) >= 11 is 0. The molecule has 0 aliphatic carbocycles. The van der Waals surface area contributed by atoms with Crippen LogP contribution in [0.1, 0.15) is 15.9 Å². The number of hydrogen-bond acceptors (Lipinski definition) is 6. The van der Waals surface area contributed by atoms with Crippen molar-refractivity contribution < 1.29 is 32.5 Å². The van der Waals surface area contributed by atoms with E-state index >= 15 is 0 Å². The predicted octanol–water partition coefficient (Wildman–Crippen LogP) is 3.09. The third kappa shape index (κ3) is 4.80. The van der Waals surface area contributed by atoms with Crippen LogP contribution in [-0.4, -0.2) is 40.0 Å². The molecule has 2 N–H and O–H groups in total. The molecule has 2 aromatic heterocycles. The number of alkyl halides is 3. The van der Waals surface area contributed by atoms with Gasteiger partial charge in [-0.05, 0) is 42.8 Å². The molecule has 0 aliphatic rings. The van der Waals surface area contributed by atoms with E-state index in [1.165, 1.54) is 18.3 Å². The second-order valence-electron chi connectivity index (χ2n) is 6.12. The van der Waals surface area contributed by atoms with Gasteiger partial charge in [-0.15, -0.1) is 13.2 Å². The second kappa shape index (κ2) is 8.31. The summed E-state index contributed by atoms with van der Waals surface area (Å²) in [4.78, 5) is 28.3. The van der Waals surface area contributed by atoms with Crippen LogP contribution < -0.4 is 20.3 Å². The van der Waals surface area contributed by atoms with Gasteiger partial charge in [0.15, 0.2) is 5.56 Å². The third-order valence-corrected chi connectivity index (χ3v) is 3.98. The normalized spacial score (nSPS) is 11.3. The van der Waals surface area contributed by atoms with Gasteiger partial charge in [0.1, 0.15) is 29.6 Å². The quantitative estimate of drug-likeness (QED) is 0.563. The molecule has 3 rings (SSSR count). The molecule has 0 amide bonds. The van der Waals surface area contributed by atoms with Crippen molar-refractivity contribution in [2.75, 3.05) is 18.5 Å². The molecule has 0 radical (unpaired) electrons. The second-order valence-corrected chi connectivity index (χ2v) is 6.12. The third-order valence-electron chi connectivity index (χ3n) is 3.98. The van der Waals surface area contributed by atoms with Crippen molar-refractivity contribution in [2.24, 2.45) is 0 Å². The fraction of sp³-hybridized carbons (Fsp3) is 0.211. The molecule has 0 saturated carbocycles. The fourth-order valence-corrected chi connectivity index (χ4v) is 2.69. The number of fused-ring (bicyclic) bond motifs is 1. The Kier molecular flexibility index (Phi) is 5.81. The number of nitrogens with one attached hydrogen (secondary N) is 1. The summed E-state index contributed by atoms with van der Waals surface area (Å²) in [5.74, 6) is -1.62. The lowest BCUT2D eigenvalue weighted by molar-refractivity contribution is -0.274. The smallest absolute Gasteiger partial charge is 0.492 e. The number of pyridine rings is 1. The Balaban J connectivity index is 1.69. The summed E-state index contributed by atoms with van der Waals surface area (Å²) in [6, 6.07) is 8.16. The molecule has 30 heavy (non-hydrogen) atoms. The number of ether oxygens (including phenoxy) is 2. The van der Waals surface area contributed by atoms with Crippen molar-refractivity contribution >= 4 is 17.4 Å². The number of carboxylic acids is 1. The van der Waals surface area contributed by atoms with Gasteiger partial charge >= 0.3 is 12.3 Å². The Morgan fingerprint density at radius 3 is 2.50 bits per heavy atom. The highest BCUT2D eigenvalue weighted by Gasteiger charge is 2.31. The first-order valence-electron chi connectivity index (χ1n) is 8.63. The van der Waals surface area contributed by atoms with E-state index in [-0.39, 0.29) is 30.5 Å². The number of anilines is 1. The van der Waals surface area contributed by atoms with E-state index in [9.17, 15) is 27.9 Å². The molecule has 3 aromatic rings. The van der Waals surface area contributed by atoms with Gasteiger partial charge in [0.2, 0.25) is 0 Å². The van der Waals surface area contributed by atoms with Crippen LogP contribution in [0.15, 0.2) is 47.4 Å². The average molecular weight is 423 g/mol. The van der Waals surface area contributed by atoms with Gasteiger partial charge < -0.3 is 19.9 Å². The monoisotopic (exact) mass is 423 g/mol. The highest BCUT2D eigenvalue weighted by Crippen LogP contribution is 2.24. The van der Waals surface area contributed by atoms with E-state index in [1.807, 2.05) is 0 Å². The fourth-order valence-electron chi connectivity index (χ4n) is 2.69. The minimum Gasteiger partial charge on any atom is -0.492 e. The average Bonchev–Trinajstić information content (AvgIpc) is 2.66. The molecule has 0 saturated heterocycles. The van der Waals surface area contributed by atoms with E-state index in [0.29, 0.717) is 11.2 Å². The van der Waals surface area contributed by atoms with E-state index in [0.717, 1.165) is 16.5 Å². The molecular formula is C19H16F3N3O5. The number of rotatable bonds is 7. The summed E-state index contributed by atoms with van der Waals surface area (Å²) in [5, 5.41) is 12.2. The first-order chi connectivity index (χ1) is 14.2. The minimum absolute atomic E-state index is 0.0351. The Labute approximate surface area is 167 Å². The largest absolute Gasteiger partial charge is 0.573 e. The van der Waals surface area contributed by atoms with Gasteiger partial charge in [0.05, 0.1) is 6.54 Å². The topological polar surface area (TPSA) is 102 Å². The first kappa shape index (κ1) is 21.0. The van der Waals surface area contributed by atoms with Gasteiger partial charge in [-0.3, -0.25) is 9.20 Å². The van der Waals surface area contributed by atoms with Crippen molar-refractivity contribution in [2.45, 2.75) is 13.3 Å². The van der Waals surface area contributed by atoms with Gasteiger partial charge in [0.25, 0.3) is 5.56 Å². The molecule has 8 nitrogen and oxygen atoms in total. The molecule has 0 unspecified atom stereocenters. The van der Waals surface area contributed by atoms with E-state index in [2.05, 4.69) is 15.0 Å². The summed E-state index contributed by atoms with van der Waals surface area (Å²) in [6.45, 7) is 1.87. The Bertz CT molecular complexity index is 1130. The van der Waals surface area contributed by atoms with Crippen LogP contribution in [0, 0.1) is 6.92 Å². The van der Waals surface area contributed by atoms with Gasteiger partial charge in [-0.1, -0.05) is 6.07 Å². The van der Waals surface area contributed by atoms with Crippen molar-refractivity contribution in [1.29, 1.82) is 0 Å². The molecule has 0 aliphatic heterocycles. The molecule has 1 aromatic carbocycles. The van der Waals surface area contributed by atoms with Crippen molar-refractivity contribution in [1.82, 2.24) is 9.38 Å². The van der Waals surface area contributed by atoms with Gasteiger partial charge in [0, 0.05) is 6.20 Å². The van der Waals surface area contributed by atoms with Crippen LogP contribution in [0.3, 0.4) is 0 Å². The van der Waals surface area contributed by atoms with Gasteiger partial charge in [-0.25, -0.2) is 9.78 Å². The molecule has 2 heterocycles. The first-order valence-corrected chi connectivity index (χ1v) is 8.63. The van der Waals surface area contributed by atoms with Crippen LogP contribution in [0.2, 0.25) is 0 Å². The van der Waals surface area contributed by atoms with Crippen molar-refractivity contribution in [3.63, 3.8) is 0 Å². The summed E-state index contributed by atoms with van der Waals surface area (Å²) < 4.78 is 46.8. The molecule has 0 atom stereocenters. The zero-order chi connectivity index (χ0) is 21.9. The van der Waals surface area contributed by atoms with Crippen LogP contribution in [-0.2, 0) is 0 Å². The number of aryl methyl sites for hydroxylation is 1. The molecule has 11 heteroatoms. The summed E-state index contributed by atoms with van der Waals surface area (Å²) in [6.07, 6.45) is -3.35. The number of hydrogen-bond donors (Lipinski definition) is 2. The number of benzene rings is 1. The number of aromatic nitrogens is 2. The highest BCUT2D eigenvalue weighted by atomic mass is 19.4. The maximum absolute atomic E-state index is 12.5. The number of nitrogens with zero attached hydrogens (tertiary/aromatic N) is 2. The number of halogens is 3. The summed E-state index contributed by atoms with van der Waals surface area (Å²) in [7, 11) is 0. The Hall–Kier alpha value is -3.76. The van der Waals surface area contributed by atoms with Crippen LogP contribution >= 0.6 is 0 Å². The zero-order valence-corrected chi connectivity index (χ0v) is 15.6. The molecular weight excluding hydrogens is 407 g/mol. The van der Waals surface area contributed by atoms with E-state index in [1.54, 1.807) is 19.1 Å². The molecule has 0 bridgehead atoms. The van der Waals surface area contributed by atoms with Gasteiger partial charge in [-0.2, -0.15) is 0 Å². The van der Waals surface area contributed by atoms with Crippen molar-refractivity contribution in [3.05, 3.63) is 64.1 Å². The van der Waals surface area contributed by atoms with E-state index in [4.69, 9.17) is 4.74 Å². The molecule has 158 valence electrons. The molecule has 0 spiro atoms. The van der Waals surface area contributed by atoms with Crippen LogP contribution in [0.5, 0.6) is 11.5 Å². The van der Waals surface area contributed by atoms with E-state index < -0.39 is 23.5 Å². The molecule has 0 fully saturated rings. The predicted molar refractivity (Wildman–Crippen MR) is 100 cm³/mol. The minimum atomic E-state index is -4.78. The lowest BCUT2D eigenvalue weighted by Crippen LogP contribution is -2.27. The SMILES string of the molecule is Cc1cccn2c(=O)c(C(=O)O)c(NCCOc3ccc(OC(F)(F)F)cc3)nc12. The zero-order valence-electron chi connectivity index (χ0n) is 15.6. The number of carboxylic acid groups (broad SMARTS) is 1. The van der Waals surface area contributed by atoms with Crippen molar-refractivity contribution in [3.8, 4) is 11.5 Å². The van der Waals surface area contributed by atoms with Crippen LogP contribution in [0.4, 0.5) is 19.0 Å².